The fourth-order valence-corrected chi connectivity index (χ4v) is 2.65. The standard InChI is InChI=1S/C22H21NO2/c1-17-9-5-6-12-19(17)15-23-22(24)16-25-21-14-8-7-13-20(21)18-10-3-2-4-11-18/h2-14H,15-16H2,1H3,(H,23,24). The molecular formula is C22H21NO2. The molecule has 0 heterocycles. The van der Waals surface area contributed by atoms with E-state index in [0.717, 1.165) is 22.3 Å². The maximum Gasteiger partial charge on any atom is 0.258 e. The summed E-state index contributed by atoms with van der Waals surface area (Å²) in [5, 5.41) is 2.91. The molecule has 1 amide bonds. The van der Waals surface area contributed by atoms with Crippen molar-refractivity contribution in [3.05, 3.63) is 90.0 Å². The maximum atomic E-state index is 12.1. The highest BCUT2D eigenvalue weighted by molar-refractivity contribution is 5.78. The van der Waals surface area contributed by atoms with Crippen LogP contribution in [-0.2, 0) is 11.3 Å². The Morgan fingerprint density at radius 1 is 0.880 bits per heavy atom. The minimum absolute atomic E-state index is 0.00424. The summed E-state index contributed by atoms with van der Waals surface area (Å²) in [5.41, 5.74) is 4.33. The van der Waals surface area contributed by atoms with Gasteiger partial charge in [-0.3, -0.25) is 4.79 Å². The number of hydrogen-bond acceptors (Lipinski definition) is 2. The van der Waals surface area contributed by atoms with Gasteiger partial charge in [0.05, 0.1) is 0 Å². The zero-order valence-electron chi connectivity index (χ0n) is 14.2. The molecule has 1 N–H and O–H groups in total. The molecule has 0 atom stereocenters. The fourth-order valence-electron chi connectivity index (χ4n) is 2.65. The van der Waals surface area contributed by atoms with Gasteiger partial charge in [-0.2, -0.15) is 0 Å². The van der Waals surface area contributed by atoms with Gasteiger partial charge in [-0.05, 0) is 29.7 Å². The molecule has 0 saturated carbocycles. The molecule has 0 aliphatic heterocycles. The van der Waals surface area contributed by atoms with E-state index in [1.807, 2.05) is 85.8 Å². The van der Waals surface area contributed by atoms with Crippen LogP contribution in [0.1, 0.15) is 11.1 Å². The number of carbonyl (C=O) groups is 1. The molecule has 0 saturated heterocycles. The number of amides is 1. The van der Waals surface area contributed by atoms with Crippen LogP contribution in [0.15, 0.2) is 78.9 Å². The molecule has 3 nitrogen and oxygen atoms in total. The Hall–Kier alpha value is -3.07. The lowest BCUT2D eigenvalue weighted by Crippen LogP contribution is -2.28. The average molecular weight is 331 g/mol. The summed E-state index contributed by atoms with van der Waals surface area (Å²) in [6, 6.07) is 25.8. The molecule has 3 heteroatoms. The van der Waals surface area contributed by atoms with Crippen LogP contribution in [-0.4, -0.2) is 12.5 Å². The molecule has 0 aromatic heterocycles. The van der Waals surface area contributed by atoms with Crippen LogP contribution in [0, 0.1) is 6.92 Å². The highest BCUT2D eigenvalue weighted by atomic mass is 16.5. The van der Waals surface area contributed by atoms with Gasteiger partial charge in [0.1, 0.15) is 5.75 Å². The predicted molar refractivity (Wildman–Crippen MR) is 100 cm³/mol. The van der Waals surface area contributed by atoms with E-state index in [4.69, 9.17) is 4.74 Å². The number of benzene rings is 3. The summed E-state index contributed by atoms with van der Waals surface area (Å²) < 4.78 is 5.76. The van der Waals surface area contributed by atoms with E-state index in [2.05, 4.69) is 5.32 Å². The van der Waals surface area contributed by atoms with Crippen molar-refractivity contribution in [2.24, 2.45) is 0 Å². The van der Waals surface area contributed by atoms with Crippen molar-refractivity contribution in [2.75, 3.05) is 6.61 Å². The van der Waals surface area contributed by atoms with Gasteiger partial charge in [0.25, 0.3) is 5.91 Å². The van der Waals surface area contributed by atoms with Crippen LogP contribution in [0.3, 0.4) is 0 Å². The van der Waals surface area contributed by atoms with Crippen molar-refractivity contribution in [1.82, 2.24) is 5.32 Å². The molecule has 25 heavy (non-hydrogen) atoms. The van der Waals surface area contributed by atoms with Crippen LogP contribution in [0.5, 0.6) is 5.75 Å². The van der Waals surface area contributed by atoms with Crippen molar-refractivity contribution in [2.45, 2.75) is 13.5 Å². The van der Waals surface area contributed by atoms with Gasteiger partial charge in [-0.1, -0.05) is 72.8 Å². The van der Waals surface area contributed by atoms with Gasteiger partial charge in [-0.25, -0.2) is 0 Å². The summed E-state index contributed by atoms with van der Waals surface area (Å²) in [6.45, 7) is 2.54. The lowest BCUT2D eigenvalue weighted by molar-refractivity contribution is -0.123. The summed E-state index contributed by atoms with van der Waals surface area (Å²) in [4.78, 5) is 12.1. The molecule has 0 radical (unpaired) electrons. The number of carbonyl (C=O) groups excluding carboxylic acids is 1. The van der Waals surface area contributed by atoms with E-state index in [0.29, 0.717) is 12.3 Å². The van der Waals surface area contributed by atoms with Gasteiger partial charge in [0, 0.05) is 12.1 Å². The van der Waals surface area contributed by atoms with E-state index in [-0.39, 0.29) is 12.5 Å². The highest BCUT2D eigenvalue weighted by Crippen LogP contribution is 2.29. The molecule has 0 aliphatic carbocycles. The summed E-state index contributed by atoms with van der Waals surface area (Å²) >= 11 is 0. The third kappa shape index (κ3) is 4.48. The Morgan fingerprint density at radius 3 is 2.36 bits per heavy atom. The van der Waals surface area contributed by atoms with Gasteiger partial charge >= 0.3 is 0 Å². The molecule has 3 aromatic carbocycles. The van der Waals surface area contributed by atoms with Crippen molar-refractivity contribution < 1.29 is 9.53 Å². The first-order chi connectivity index (χ1) is 12.2. The highest BCUT2D eigenvalue weighted by Gasteiger charge is 2.08. The number of aryl methyl sites for hydroxylation is 1. The van der Waals surface area contributed by atoms with Gasteiger partial charge in [0.2, 0.25) is 0 Å². The van der Waals surface area contributed by atoms with Crippen LogP contribution in [0.2, 0.25) is 0 Å². The number of nitrogens with one attached hydrogen (secondary N) is 1. The monoisotopic (exact) mass is 331 g/mol. The average Bonchev–Trinajstić information content (AvgIpc) is 2.66. The van der Waals surface area contributed by atoms with Crippen LogP contribution in [0.25, 0.3) is 11.1 Å². The third-order valence-corrected chi connectivity index (χ3v) is 4.07. The first-order valence-corrected chi connectivity index (χ1v) is 8.32. The molecule has 0 aliphatic rings. The second-order valence-electron chi connectivity index (χ2n) is 5.85. The maximum absolute atomic E-state index is 12.1. The van der Waals surface area contributed by atoms with E-state index >= 15 is 0 Å². The molecular weight excluding hydrogens is 310 g/mol. The molecule has 3 aromatic rings. The normalized spacial score (nSPS) is 10.3. The fraction of sp³-hybridized carbons (Fsp3) is 0.136. The molecule has 3 rings (SSSR count). The van der Waals surface area contributed by atoms with Crippen LogP contribution in [0.4, 0.5) is 0 Å². The number of ether oxygens (including phenoxy) is 1. The Balaban J connectivity index is 1.60. The van der Waals surface area contributed by atoms with Crippen molar-refractivity contribution in [3.63, 3.8) is 0 Å². The minimum Gasteiger partial charge on any atom is -0.483 e. The number of hydrogen-bond donors (Lipinski definition) is 1. The van der Waals surface area contributed by atoms with Gasteiger partial charge in [0.15, 0.2) is 6.61 Å². The van der Waals surface area contributed by atoms with E-state index in [1.54, 1.807) is 0 Å². The topological polar surface area (TPSA) is 38.3 Å². The van der Waals surface area contributed by atoms with Gasteiger partial charge in [-0.15, -0.1) is 0 Å². The lowest BCUT2D eigenvalue weighted by atomic mass is 10.1. The number of rotatable bonds is 6. The van der Waals surface area contributed by atoms with Gasteiger partial charge < -0.3 is 10.1 Å². The van der Waals surface area contributed by atoms with Crippen molar-refractivity contribution >= 4 is 5.91 Å². The first-order valence-electron chi connectivity index (χ1n) is 8.32. The number of para-hydroxylation sites is 1. The van der Waals surface area contributed by atoms with Crippen LogP contribution < -0.4 is 10.1 Å². The van der Waals surface area contributed by atoms with E-state index in [1.165, 1.54) is 0 Å². The van der Waals surface area contributed by atoms with E-state index in [9.17, 15) is 4.79 Å². The Morgan fingerprint density at radius 2 is 1.56 bits per heavy atom. The minimum atomic E-state index is -0.133. The third-order valence-electron chi connectivity index (χ3n) is 4.07. The Labute approximate surface area is 148 Å². The summed E-state index contributed by atoms with van der Waals surface area (Å²) in [7, 11) is 0. The first kappa shape index (κ1) is 16.8. The summed E-state index contributed by atoms with van der Waals surface area (Å²) in [6.07, 6.45) is 0. The van der Waals surface area contributed by atoms with E-state index < -0.39 is 0 Å². The quantitative estimate of drug-likeness (QED) is 0.729. The van der Waals surface area contributed by atoms with Crippen LogP contribution >= 0.6 is 0 Å². The molecule has 0 bridgehead atoms. The SMILES string of the molecule is Cc1ccccc1CNC(=O)COc1ccccc1-c1ccccc1. The van der Waals surface area contributed by atoms with Crippen molar-refractivity contribution in [3.8, 4) is 16.9 Å². The smallest absolute Gasteiger partial charge is 0.258 e. The Kier molecular flexibility index (Phi) is 5.47. The molecule has 0 fully saturated rings. The predicted octanol–water partition coefficient (Wildman–Crippen LogP) is 4.36. The van der Waals surface area contributed by atoms with Crippen molar-refractivity contribution in [1.29, 1.82) is 0 Å². The zero-order valence-corrected chi connectivity index (χ0v) is 14.2. The molecule has 0 unspecified atom stereocenters. The molecule has 126 valence electrons. The largest absolute Gasteiger partial charge is 0.483 e. The lowest BCUT2D eigenvalue weighted by Gasteiger charge is -2.12. The second-order valence-corrected chi connectivity index (χ2v) is 5.85. The second kappa shape index (κ2) is 8.15. The Bertz CT molecular complexity index is 843. The molecule has 0 spiro atoms. The summed E-state index contributed by atoms with van der Waals surface area (Å²) in [5.74, 6) is 0.575. The zero-order chi connectivity index (χ0) is 17.5.